The van der Waals surface area contributed by atoms with Crippen LogP contribution in [0.1, 0.15) is 31.4 Å². The molecule has 0 amide bonds. The van der Waals surface area contributed by atoms with Gasteiger partial charge in [-0.15, -0.1) is 0 Å². The number of rotatable bonds is 6. The molecule has 0 radical (unpaired) electrons. The van der Waals surface area contributed by atoms with Gasteiger partial charge in [-0.3, -0.25) is 0 Å². The topological polar surface area (TPSA) is 32.7 Å². The first-order valence-electron chi connectivity index (χ1n) is 8.79. The van der Waals surface area contributed by atoms with Crippen molar-refractivity contribution in [3.8, 4) is 5.75 Å². The SMILES string of the molecule is CCCOc1ccc(C(O)(c2cccc(Cl)c2)C2(C)CN(C)C2)cc1. The lowest BCUT2D eigenvalue weighted by Gasteiger charge is -2.56. The van der Waals surface area contributed by atoms with Crippen molar-refractivity contribution in [2.75, 3.05) is 26.7 Å². The van der Waals surface area contributed by atoms with Gasteiger partial charge in [-0.2, -0.15) is 0 Å². The molecule has 1 aliphatic heterocycles. The fraction of sp³-hybridized carbons (Fsp3) is 0.429. The Balaban J connectivity index is 2.03. The maximum absolute atomic E-state index is 11.9. The Bertz CT molecular complexity index is 725. The van der Waals surface area contributed by atoms with E-state index in [9.17, 15) is 5.11 Å². The minimum absolute atomic E-state index is 0.280. The summed E-state index contributed by atoms with van der Waals surface area (Å²) >= 11 is 6.22. The van der Waals surface area contributed by atoms with Crippen LogP contribution in [0.5, 0.6) is 5.75 Å². The molecule has 0 saturated carbocycles. The standard InChI is InChI=1S/C21H26ClNO2/c1-4-12-25-19-10-8-16(9-11-19)21(24,20(2)14-23(3)15-20)17-6-5-7-18(22)13-17/h5-11,13,24H,4,12,14-15H2,1-3H3. The van der Waals surface area contributed by atoms with Gasteiger partial charge in [-0.05, 0) is 48.9 Å². The molecule has 0 bridgehead atoms. The van der Waals surface area contributed by atoms with Crippen molar-refractivity contribution in [2.45, 2.75) is 25.9 Å². The predicted molar refractivity (Wildman–Crippen MR) is 102 cm³/mol. The van der Waals surface area contributed by atoms with E-state index in [1.54, 1.807) is 0 Å². The van der Waals surface area contributed by atoms with Gasteiger partial charge in [0.05, 0.1) is 6.61 Å². The second-order valence-corrected chi connectivity index (χ2v) is 7.76. The van der Waals surface area contributed by atoms with Crippen LogP contribution >= 0.6 is 11.6 Å². The van der Waals surface area contributed by atoms with Gasteiger partial charge in [-0.1, -0.05) is 49.7 Å². The van der Waals surface area contributed by atoms with Crippen LogP contribution in [0.25, 0.3) is 0 Å². The highest BCUT2D eigenvalue weighted by Crippen LogP contribution is 2.50. The zero-order valence-electron chi connectivity index (χ0n) is 15.1. The van der Waals surface area contributed by atoms with Crippen molar-refractivity contribution in [3.63, 3.8) is 0 Å². The molecule has 2 aromatic carbocycles. The number of halogens is 1. The molecule has 0 aromatic heterocycles. The zero-order valence-corrected chi connectivity index (χ0v) is 15.9. The van der Waals surface area contributed by atoms with Crippen molar-refractivity contribution >= 4 is 11.6 Å². The van der Waals surface area contributed by atoms with Gasteiger partial charge in [-0.25, -0.2) is 0 Å². The van der Waals surface area contributed by atoms with Gasteiger partial charge >= 0.3 is 0 Å². The van der Waals surface area contributed by atoms with Crippen LogP contribution in [0.15, 0.2) is 48.5 Å². The Morgan fingerprint density at radius 2 is 1.84 bits per heavy atom. The van der Waals surface area contributed by atoms with Gasteiger partial charge in [0.1, 0.15) is 11.4 Å². The molecule has 0 aliphatic carbocycles. The Hall–Kier alpha value is -1.55. The van der Waals surface area contributed by atoms with Crippen molar-refractivity contribution in [3.05, 3.63) is 64.7 Å². The highest BCUT2D eigenvalue weighted by atomic mass is 35.5. The molecule has 0 spiro atoms. The number of likely N-dealkylation sites (tertiary alicyclic amines) is 1. The molecule has 1 fully saturated rings. The number of hydrogen-bond acceptors (Lipinski definition) is 3. The molecule has 1 saturated heterocycles. The van der Waals surface area contributed by atoms with Gasteiger partial charge in [0.2, 0.25) is 0 Å². The molecule has 3 nitrogen and oxygen atoms in total. The summed E-state index contributed by atoms with van der Waals surface area (Å²) < 4.78 is 5.68. The minimum Gasteiger partial charge on any atom is -0.494 e. The summed E-state index contributed by atoms with van der Waals surface area (Å²) in [6.07, 6.45) is 0.971. The van der Waals surface area contributed by atoms with Crippen LogP contribution in [0.4, 0.5) is 0 Å². The summed E-state index contributed by atoms with van der Waals surface area (Å²) in [5.41, 5.74) is 0.318. The van der Waals surface area contributed by atoms with Crippen LogP contribution < -0.4 is 4.74 Å². The second kappa shape index (κ2) is 6.99. The molecule has 1 unspecified atom stereocenters. The van der Waals surface area contributed by atoms with Crippen LogP contribution in [-0.4, -0.2) is 36.8 Å². The highest BCUT2D eigenvalue weighted by molar-refractivity contribution is 6.30. The summed E-state index contributed by atoms with van der Waals surface area (Å²) in [4.78, 5) is 2.22. The third kappa shape index (κ3) is 3.29. The molecule has 134 valence electrons. The van der Waals surface area contributed by atoms with E-state index in [1.165, 1.54) is 0 Å². The number of nitrogens with zero attached hydrogens (tertiary/aromatic N) is 1. The Labute approximate surface area is 155 Å². The molecule has 3 rings (SSSR count). The van der Waals surface area contributed by atoms with Crippen LogP contribution in [0, 0.1) is 5.41 Å². The van der Waals surface area contributed by atoms with Gasteiger partial charge in [0.25, 0.3) is 0 Å². The first-order chi connectivity index (χ1) is 11.9. The Kier molecular flexibility index (Phi) is 5.10. The zero-order chi connectivity index (χ0) is 18.1. The first-order valence-corrected chi connectivity index (χ1v) is 9.17. The highest BCUT2D eigenvalue weighted by Gasteiger charge is 2.55. The number of hydrogen-bond donors (Lipinski definition) is 1. The van der Waals surface area contributed by atoms with E-state index in [-0.39, 0.29) is 5.41 Å². The smallest absolute Gasteiger partial charge is 0.122 e. The molecule has 4 heteroatoms. The lowest BCUT2D eigenvalue weighted by Crippen LogP contribution is -2.63. The van der Waals surface area contributed by atoms with Crippen molar-refractivity contribution in [1.29, 1.82) is 0 Å². The van der Waals surface area contributed by atoms with Gasteiger partial charge < -0.3 is 14.7 Å². The minimum atomic E-state index is -1.10. The Morgan fingerprint density at radius 1 is 1.16 bits per heavy atom. The monoisotopic (exact) mass is 359 g/mol. The van der Waals surface area contributed by atoms with E-state index < -0.39 is 5.60 Å². The summed E-state index contributed by atoms with van der Waals surface area (Å²) in [7, 11) is 2.07. The molecule has 1 N–H and O–H groups in total. The van der Waals surface area contributed by atoms with E-state index in [0.717, 1.165) is 36.4 Å². The predicted octanol–water partition coefficient (Wildman–Crippen LogP) is 4.32. The van der Waals surface area contributed by atoms with Gasteiger partial charge in [0, 0.05) is 23.5 Å². The lowest BCUT2D eigenvalue weighted by molar-refractivity contribution is -0.127. The van der Waals surface area contributed by atoms with Crippen molar-refractivity contribution < 1.29 is 9.84 Å². The third-order valence-corrected chi connectivity index (χ3v) is 5.33. The summed E-state index contributed by atoms with van der Waals surface area (Å²) in [6.45, 7) is 6.56. The Morgan fingerprint density at radius 3 is 2.40 bits per heavy atom. The number of ether oxygens (including phenoxy) is 1. The van der Waals surface area contributed by atoms with Gasteiger partial charge in [0.15, 0.2) is 0 Å². The quantitative estimate of drug-likeness (QED) is 0.833. The largest absolute Gasteiger partial charge is 0.494 e. The fourth-order valence-corrected chi connectivity index (χ4v) is 4.15. The van der Waals surface area contributed by atoms with E-state index in [1.807, 2.05) is 48.5 Å². The van der Waals surface area contributed by atoms with Crippen LogP contribution in [0.3, 0.4) is 0 Å². The summed E-state index contributed by atoms with van der Waals surface area (Å²) in [5, 5.41) is 12.6. The number of aliphatic hydroxyl groups is 1. The molecule has 2 aromatic rings. The van der Waals surface area contributed by atoms with Crippen LogP contribution in [0.2, 0.25) is 5.02 Å². The van der Waals surface area contributed by atoms with E-state index in [2.05, 4.69) is 25.8 Å². The van der Waals surface area contributed by atoms with Crippen LogP contribution in [-0.2, 0) is 5.60 Å². The maximum atomic E-state index is 11.9. The maximum Gasteiger partial charge on any atom is 0.122 e. The summed E-state index contributed by atoms with van der Waals surface area (Å²) in [5.74, 6) is 0.829. The average Bonchev–Trinajstić information content (AvgIpc) is 2.58. The molecule has 25 heavy (non-hydrogen) atoms. The van der Waals surface area contributed by atoms with E-state index in [0.29, 0.717) is 11.6 Å². The first kappa shape index (κ1) is 18.2. The molecule has 1 atom stereocenters. The van der Waals surface area contributed by atoms with Crippen molar-refractivity contribution in [2.24, 2.45) is 5.41 Å². The second-order valence-electron chi connectivity index (χ2n) is 7.33. The lowest BCUT2D eigenvalue weighted by atomic mass is 9.62. The molecular weight excluding hydrogens is 334 g/mol. The van der Waals surface area contributed by atoms with E-state index >= 15 is 0 Å². The van der Waals surface area contributed by atoms with Crippen molar-refractivity contribution in [1.82, 2.24) is 4.90 Å². The third-order valence-electron chi connectivity index (χ3n) is 5.10. The molecule has 1 aliphatic rings. The normalized spacial score (nSPS) is 19.1. The number of benzene rings is 2. The van der Waals surface area contributed by atoms with E-state index in [4.69, 9.17) is 16.3 Å². The fourth-order valence-electron chi connectivity index (χ4n) is 3.96. The molecule has 1 heterocycles. The average molecular weight is 360 g/mol. The molecular formula is C21H26ClNO2. The summed E-state index contributed by atoms with van der Waals surface area (Å²) in [6, 6.07) is 15.4.